The van der Waals surface area contributed by atoms with Crippen LogP contribution in [0.1, 0.15) is 23.2 Å². The third-order valence-corrected chi connectivity index (χ3v) is 2.08. The van der Waals surface area contributed by atoms with Crippen LogP contribution in [-0.4, -0.2) is 17.2 Å². The van der Waals surface area contributed by atoms with Crippen molar-refractivity contribution in [2.45, 2.75) is 19.6 Å². The first kappa shape index (κ1) is 11.8. The van der Waals surface area contributed by atoms with Crippen molar-refractivity contribution in [2.75, 3.05) is 7.11 Å². The predicted octanol–water partition coefficient (Wildman–Crippen LogP) is 0.979. The van der Waals surface area contributed by atoms with Crippen LogP contribution in [0.4, 0.5) is 8.78 Å². The molecule has 0 aliphatic rings. The van der Waals surface area contributed by atoms with E-state index >= 15 is 0 Å². The molecule has 1 aromatic rings. The highest BCUT2D eigenvalue weighted by Gasteiger charge is 2.19. The Morgan fingerprint density at radius 3 is 2.60 bits per heavy atom. The van der Waals surface area contributed by atoms with Crippen molar-refractivity contribution in [3.63, 3.8) is 0 Å². The number of nitrogens with zero attached hydrogens (tertiary/aromatic N) is 1. The highest BCUT2D eigenvalue weighted by Crippen LogP contribution is 2.28. The van der Waals surface area contributed by atoms with E-state index in [2.05, 4.69) is 4.98 Å². The highest BCUT2D eigenvalue weighted by atomic mass is 19.3. The summed E-state index contributed by atoms with van der Waals surface area (Å²) in [6.45, 7) is -0.516. The normalized spacial score (nSPS) is 10.8. The second-order valence-electron chi connectivity index (χ2n) is 2.83. The van der Waals surface area contributed by atoms with Gasteiger partial charge in [0.15, 0.2) is 0 Å². The molecule has 0 saturated heterocycles. The number of ether oxygens (including phenoxy) is 1. The molecule has 6 heteroatoms. The molecule has 0 atom stereocenters. The van der Waals surface area contributed by atoms with Crippen LogP contribution in [0.25, 0.3) is 0 Å². The van der Waals surface area contributed by atoms with E-state index in [0.29, 0.717) is 0 Å². The number of hydrogen-bond donors (Lipinski definition) is 2. The van der Waals surface area contributed by atoms with Gasteiger partial charge in [-0.05, 0) is 0 Å². The zero-order valence-corrected chi connectivity index (χ0v) is 8.20. The average Bonchev–Trinajstić information content (AvgIpc) is 2.26. The first-order valence-electron chi connectivity index (χ1n) is 4.29. The lowest BCUT2D eigenvalue weighted by molar-refractivity contribution is 0.144. The first-order valence-corrected chi connectivity index (χ1v) is 4.29. The standard InChI is InChI=1S/C9H12F2N2O2/c1-15-7-3-13-8(9(10)11)5(2-12)6(7)4-14/h3,9,14H,2,4,12H2,1H3. The molecule has 0 fully saturated rings. The lowest BCUT2D eigenvalue weighted by Gasteiger charge is -2.13. The second kappa shape index (κ2) is 4.99. The summed E-state index contributed by atoms with van der Waals surface area (Å²) in [6.07, 6.45) is -1.55. The molecule has 0 aromatic carbocycles. The Balaban J connectivity index is 3.34. The molecule has 0 bridgehead atoms. The minimum absolute atomic E-state index is 0.111. The SMILES string of the molecule is COc1cnc(C(F)F)c(CN)c1CO. The van der Waals surface area contributed by atoms with Crippen molar-refractivity contribution in [3.05, 3.63) is 23.0 Å². The van der Waals surface area contributed by atoms with Gasteiger partial charge in [-0.2, -0.15) is 0 Å². The predicted molar refractivity (Wildman–Crippen MR) is 49.6 cm³/mol. The largest absolute Gasteiger partial charge is 0.495 e. The molecule has 4 nitrogen and oxygen atoms in total. The molecule has 1 heterocycles. The zero-order chi connectivity index (χ0) is 11.4. The third-order valence-electron chi connectivity index (χ3n) is 2.08. The van der Waals surface area contributed by atoms with Gasteiger partial charge in [-0.1, -0.05) is 0 Å². The van der Waals surface area contributed by atoms with Gasteiger partial charge < -0.3 is 15.6 Å². The molecular weight excluding hydrogens is 206 g/mol. The third kappa shape index (κ3) is 2.21. The quantitative estimate of drug-likeness (QED) is 0.790. The van der Waals surface area contributed by atoms with Crippen molar-refractivity contribution in [3.8, 4) is 5.75 Å². The van der Waals surface area contributed by atoms with Crippen molar-refractivity contribution >= 4 is 0 Å². The van der Waals surface area contributed by atoms with Gasteiger partial charge in [0.05, 0.1) is 19.9 Å². The van der Waals surface area contributed by atoms with Gasteiger partial charge in [-0.3, -0.25) is 4.98 Å². The zero-order valence-electron chi connectivity index (χ0n) is 8.20. The molecular formula is C9H12F2N2O2. The number of aliphatic hydroxyl groups is 1. The number of nitrogens with two attached hydrogens (primary N) is 1. The van der Waals surface area contributed by atoms with Gasteiger partial charge in [-0.15, -0.1) is 0 Å². The van der Waals surface area contributed by atoms with Crippen molar-refractivity contribution in [2.24, 2.45) is 5.73 Å². The Kier molecular flexibility index (Phi) is 3.93. The van der Waals surface area contributed by atoms with Crippen LogP contribution in [0.15, 0.2) is 6.20 Å². The van der Waals surface area contributed by atoms with E-state index in [-0.39, 0.29) is 23.4 Å². The Morgan fingerprint density at radius 1 is 1.53 bits per heavy atom. The van der Waals surface area contributed by atoms with Crippen LogP contribution in [-0.2, 0) is 13.2 Å². The van der Waals surface area contributed by atoms with Crippen LogP contribution in [0.2, 0.25) is 0 Å². The lowest BCUT2D eigenvalue weighted by atomic mass is 10.1. The Hall–Kier alpha value is -1.27. The van der Waals surface area contributed by atoms with E-state index in [4.69, 9.17) is 15.6 Å². The molecule has 84 valence electrons. The fourth-order valence-corrected chi connectivity index (χ4v) is 1.35. The number of aromatic nitrogens is 1. The maximum Gasteiger partial charge on any atom is 0.280 e. The lowest BCUT2D eigenvalue weighted by Crippen LogP contribution is -2.10. The van der Waals surface area contributed by atoms with Gasteiger partial charge >= 0.3 is 0 Å². The van der Waals surface area contributed by atoms with E-state index in [1.54, 1.807) is 0 Å². The van der Waals surface area contributed by atoms with E-state index < -0.39 is 18.7 Å². The van der Waals surface area contributed by atoms with Crippen LogP contribution in [0, 0.1) is 0 Å². The van der Waals surface area contributed by atoms with Gasteiger partial charge in [0, 0.05) is 17.7 Å². The summed E-state index contributed by atoms with van der Waals surface area (Å²) in [4.78, 5) is 3.56. The molecule has 0 aliphatic heterocycles. The summed E-state index contributed by atoms with van der Waals surface area (Å²) < 4.78 is 29.9. The molecule has 1 aromatic heterocycles. The van der Waals surface area contributed by atoms with Crippen molar-refractivity contribution < 1.29 is 18.6 Å². The fraction of sp³-hybridized carbons (Fsp3) is 0.444. The molecule has 1 rings (SSSR count). The van der Waals surface area contributed by atoms with Crippen LogP contribution >= 0.6 is 0 Å². The first-order chi connectivity index (χ1) is 7.15. The smallest absolute Gasteiger partial charge is 0.280 e. The second-order valence-corrected chi connectivity index (χ2v) is 2.83. The molecule has 0 radical (unpaired) electrons. The molecule has 0 aliphatic carbocycles. The van der Waals surface area contributed by atoms with Gasteiger partial charge in [0.1, 0.15) is 11.4 Å². The summed E-state index contributed by atoms with van der Waals surface area (Å²) >= 11 is 0. The summed E-state index contributed by atoms with van der Waals surface area (Å²) in [5, 5.41) is 9.06. The number of hydrogen-bond acceptors (Lipinski definition) is 4. The molecule has 3 N–H and O–H groups in total. The van der Waals surface area contributed by atoms with Crippen molar-refractivity contribution in [1.29, 1.82) is 0 Å². The van der Waals surface area contributed by atoms with Crippen LogP contribution in [0.3, 0.4) is 0 Å². The summed E-state index contributed by atoms with van der Waals surface area (Å²) in [5.41, 5.74) is 5.36. The van der Waals surface area contributed by atoms with Gasteiger partial charge in [0.2, 0.25) is 0 Å². The number of halogens is 2. The number of methoxy groups -OCH3 is 1. The molecule has 0 amide bonds. The molecule has 0 saturated carbocycles. The summed E-state index contributed by atoms with van der Waals surface area (Å²) in [5.74, 6) is 0.266. The molecule has 15 heavy (non-hydrogen) atoms. The Labute approximate surface area is 85.7 Å². The highest BCUT2D eigenvalue weighted by molar-refractivity contribution is 5.40. The van der Waals surface area contributed by atoms with Crippen LogP contribution < -0.4 is 10.5 Å². The number of pyridine rings is 1. The molecule has 0 spiro atoms. The molecule has 0 unspecified atom stereocenters. The van der Waals surface area contributed by atoms with E-state index in [1.165, 1.54) is 7.11 Å². The topological polar surface area (TPSA) is 68.4 Å². The van der Waals surface area contributed by atoms with E-state index in [9.17, 15) is 8.78 Å². The summed E-state index contributed by atoms with van der Waals surface area (Å²) in [6, 6.07) is 0. The minimum Gasteiger partial charge on any atom is -0.495 e. The Morgan fingerprint density at radius 2 is 2.20 bits per heavy atom. The van der Waals surface area contributed by atoms with Crippen molar-refractivity contribution in [1.82, 2.24) is 4.98 Å². The number of alkyl halides is 2. The maximum atomic E-state index is 12.5. The number of rotatable bonds is 4. The van der Waals surface area contributed by atoms with E-state index in [1.807, 2.05) is 0 Å². The fourth-order valence-electron chi connectivity index (χ4n) is 1.35. The van der Waals surface area contributed by atoms with E-state index in [0.717, 1.165) is 6.20 Å². The average molecular weight is 218 g/mol. The van der Waals surface area contributed by atoms with Crippen LogP contribution in [0.5, 0.6) is 5.75 Å². The minimum atomic E-state index is -2.71. The van der Waals surface area contributed by atoms with Gasteiger partial charge in [0.25, 0.3) is 6.43 Å². The Bertz CT molecular complexity index is 345. The van der Waals surface area contributed by atoms with Gasteiger partial charge in [-0.25, -0.2) is 8.78 Å². The number of aliphatic hydroxyl groups excluding tert-OH is 1. The summed E-state index contributed by atoms with van der Waals surface area (Å²) in [7, 11) is 1.37. The maximum absolute atomic E-state index is 12.5. The monoisotopic (exact) mass is 218 g/mol.